The van der Waals surface area contributed by atoms with E-state index in [4.69, 9.17) is 16.3 Å². The number of ether oxygens (including phenoxy) is 1. The summed E-state index contributed by atoms with van der Waals surface area (Å²) in [7, 11) is 1.55. The SMILES string of the molecule is CCCCc1c(C)nn(-c2nc(C)c(C(=O)Nc3cc(Cl)ccc3OC)s2)c1C. The zero-order valence-electron chi connectivity index (χ0n) is 17.3. The van der Waals surface area contributed by atoms with Crippen molar-refractivity contribution in [1.29, 1.82) is 0 Å². The van der Waals surface area contributed by atoms with Gasteiger partial charge in [-0.2, -0.15) is 5.10 Å². The number of anilines is 1. The Bertz CT molecular complexity index is 1040. The molecule has 0 spiro atoms. The minimum atomic E-state index is -0.250. The van der Waals surface area contributed by atoms with E-state index in [0.29, 0.717) is 32.2 Å². The molecule has 8 heteroatoms. The molecule has 0 aliphatic heterocycles. The summed E-state index contributed by atoms with van der Waals surface area (Å²) >= 11 is 7.38. The fraction of sp³-hybridized carbons (Fsp3) is 0.381. The molecule has 3 aromatic rings. The van der Waals surface area contributed by atoms with E-state index in [2.05, 4.69) is 29.2 Å². The lowest BCUT2D eigenvalue weighted by Gasteiger charge is -2.09. The van der Waals surface area contributed by atoms with E-state index in [9.17, 15) is 4.79 Å². The number of rotatable bonds is 7. The Morgan fingerprint density at radius 2 is 2.03 bits per heavy atom. The van der Waals surface area contributed by atoms with E-state index in [-0.39, 0.29) is 5.91 Å². The molecule has 0 atom stereocenters. The molecule has 0 radical (unpaired) electrons. The first-order chi connectivity index (χ1) is 13.8. The number of unbranched alkanes of at least 4 members (excludes halogenated alkanes) is 1. The Morgan fingerprint density at radius 1 is 1.28 bits per heavy atom. The first-order valence-corrected chi connectivity index (χ1v) is 10.7. The van der Waals surface area contributed by atoms with Crippen LogP contribution in [-0.2, 0) is 6.42 Å². The molecule has 1 amide bonds. The number of thiazole rings is 1. The van der Waals surface area contributed by atoms with Crippen LogP contribution in [0.25, 0.3) is 5.13 Å². The lowest BCUT2D eigenvalue weighted by Crippen LogP contribution is -2.12. The maximum Gasteiger partial charge on any atom is 0.267 e. The molecule has 0 unspecified atom stereocenters. The number of amides is 1. The Balaban J connectivity index is 1.90. The summed E-state index contributed by atoms with van der Waals surface area (Å²) in [5.41, 5.74) is 4.53. The van der Waals surface area contributed by atoms with Gasteiger partial charge in [-0.25, -0.2) is 9.67 Å². The maximum atomic E-state index is 12.9. The van der Waals surface area contributed by atoms with E-state index in [1.807, 2.05) is 18.5 Å². The molecule has 0 bridgehead atoms. The van der Waals surface area contributed by atoms with E-state index in [0.717, 1.165) is 30.7 Å². The second-order valence-electron chi connectivity index (χ2n) is 6.87. The Morgan fingerprint density at radius 3 is 2.72 bits per heavy atom. The van der Waals surface area contributed by atoms with Gasteiger partial charge in [0, 0.05) is 10.7 Å². The third-order valence-electron chi connectivity index (χ3n) is 4.80. The maximum absolute atomic E-state index is 12.9. The number of aryl methyl sites for hydroxylation is 2. The van der Waals surface area contributed by atoms with Crippen LogP contribution in [0.2, 0.25) is 5.02 Å². The molecule has 0 saturated heterocycles. The fourth-order valence-electron chi connectivity index (χ4n) is 3.22. The van der Waals surface area contributed by atoms with Gasteiger partial charge in [0.2, 0.25) is 5.13 Å². The van der Waals surface area contributed by atoms with E-state index in [1.165, 1.54) is 16.9 Å². The summed E-state index contributed by atoms with van der Waals surface area (Å²) in [5, 5.41) is 8.75. The average molecular weight is 433 g/mol. The highest BCUT2D eigenvalue weighted by atomic mass is 35.5. The van der Waals surface area contributed by atoms with E-state index in [1.54, 1.807) is 25.3 Å². The van der Waals surface area contributed by atoms with Crippen LogP contribution < -0.4 is 10.1 Å². The number of nitrogens with one attached hydrogen (secondary N) is 1. The molecule has 1 aromatic carbocycles. The summed E-state index contributed by atoms with van der Waals surface area (Å²) in [6.07, 6.45) is 3.26. The molecule has 0 fully saturated rings. The molecule has 1 N–H and O–H groups in total. The van der Waals surface area contributed by atoms with Crippen LogP contribution in [0.4, 0.5) is 5.69 Å². The monoisotopic (exact) mass is 432 g/mol. The number of halogens is 1. The fourth-order valence-corrected chi connectivity index (χ4v) is 4.36. The van der Waals surface area contributed by atoms with Crippen LogP contribution in [0.3, 0.4) is 0 Å². The highest BCUT2D eigenvalue weighted by Gasteiger charge is 2.21. The molecule has 3 rings (SSSR count). The molecule has 6 nitrogen and oxygen atoms in total. The van der Waals surface area contributed by atoms with Crippen LogP contribution in [0.1, 0.15) is 52.1 Å². The van der Waals surface area contributed by atoms with Gasteiger partial charge >= 0.3 is 0 Å². The highest BCUT2D eigenvalue weighted by Crippen LogP contribution is 2.30. The van der Waals surface area contributed by atoms with Crippen molar-refractivity contribution in [3.8, 4) is 10.9 Å². The van der Waals surface area contributed by atoms with Gasteiger partial charge in [0.1, 0.15) is 10.6 Å². The summed E-state index contributed by atoms with van der Waals surface area (Å²) in [6.45, 7) is 8.08. The molecular weight excluding hydrogens is 408 g/mol. The molecule has 29 heavy (non-hydrogen) atoms. The number of carbonyl (C=O) groups is 1. The molecule has 0 saturated carbocycles. The van der Waals surface area contributed by atoms with Gasteiger partial charge < -0.3 is 10.1 Å². The van der Waals surface area contributed by atoms with Gasteiger partial charge in [0.05, 0.1) is 24.2 Å². The van der Waals surface area contributed by atoms with Crippen molar-refractivity contribution in [2.75, 3.05) is 12.4 Å². The van der Waals surface area contributed by atoms with Crippen LogP contribution in [0.15, 0.2) is 18.2 Å². The van der Waals surface area contributed by atoms with Crippen molar-refractivity contribution >= 4 is 34.5 Å². The number of aromatic nitrogens is 3. The van der Waals surface area contributed by atoms with Crippen LogP contribution in [0, 0.1) is 20.8 Å². The second-order valence-corrected chi connectivity index (χ2v) is 8.29. The highest BCUT2D eigenvalue weighted by molar-refractivity contribution is 7.16. The van der Waals surface area contributed by atoms with Crippen molar-refractivity contribution in [1.82, 2.24) is 14.8 Å². The second kappa shape index (κ2) is 8.97. The van der Waals surface area contributed by atoms with E-state index >= 15 is 0 Å². The Hall–Kier alpha value is -2.38. The number of hydrogen-bond donors (Lipinski definition) is 1. The molecule has 2 aromatic heterocycles. The molecule has 0 aliphatic carbocycles. The smallest absolute Gasteiger partial charge is 0.267 e. The minimum Gasteiger partial charge on any atom is -0.495 e. The Kier molecular flexibility index (Phi) is 6.59. The summed E-state index contributed by atoms with van der Waals surface area (Å²) < 4.78 is 7.15. The number of carbonyl (C=O) groups excluding carboxylic acids is 1. The van der Waals surface area contributed by atoms with E-state index < -0.39 is 0 Å². The molecular formula is C21H25ClN4O2S. The van der Waals surface area contributed by atoms with Crippen LogP contribution in [-0.4, -0.2) is 27.8 Å². The first kappa shape index (κ1) is 21.3. The van der Waals surface area contributed by atoms with Crippen LogP contribution >= 0.6 is 22.9 Å². The van der Waals surface area contributed by atoms with Crippen molar-refractivity contribution < 1.29 is 9.53 Å². The Labute approximate surface area is 179 Å². The summed E-state index contributed by atoms with van der Waals surface area (Å²) in [6, 6.07) is 5.10. The normalized spacial score (nSPS) is 11.0. The van der Waals surface area contributed by atoms with Gasteiger partial charge in [-0.15, -0.1) is 0 Å². The first-order valence-electron chi connectivity index (χ1n) is 9.53. The minimum absolute atomic E-state index is 0.250. The topological polar surface area (TPSA) is 69.0 Å². The number of methoxy groups -OCH3 is 1. The zero-order chi connectivity index (χ0) is 21.1. The molecule has 2 heterocycles. The summed E-state index contributed by atoms with van der Waals surface area (Å²) in [5.74, 6) is 0.295. The lowest BCUT2D eigenvalue weighted by atomic mass is 10.1. The number of hydrogen-bond acceptors (Lipinski definition) is 5. The number of nitrogens with zero attached hydrogens (tertiary/aromatic N) is 3. The number of benzene rings is 1. The van der Waals surface area contributed by atoms with Gasteiger partial charge in [-0.1, -0.05) is 36.3 Å². The zero-order valence-corrected chi connectivity index (χ0v) is 18.9. The lowest BCUT2D eigenvalue weighted by molar-refractivity contribution is 0.102. The quantitative estimate of drug-likeness (QED) is 0.534. The predicted molar refractivity (Wildman–Crippen MR) is 118 cm³/mol. The predicted octanol–water partition coefficient (Wildman–Crippen LogP) is 5.51. The standard InChI is InChI=1S/C21H25ClN4O2S/c1-6-7-8-16-12(2)25-26(14(16)4)21-23-13(3)19(29-21)20(27)24-17-11-15(22)9-10-18(17)28-5/h9-11H,6-8H2,1-5H3,(H,24,27). The third kappa shape index (κ3) is 4.46. The van der Waals surface area contributed by atoms with Crippen molar-refractivity contribution in [3.63, 3.8) is 0 Å². The van der Waals surface area contributed by atoms with Crippen molar-refractivity contribution in [2.24, 2.45) is 0 Å². The van der Waals surface area contributed by atoms with Gasteiger partial charge in [0.25, 0.3) is 5.91 Å². The molecule has 154 valence electrons. The largest absolute Gasteiger partial charge is 0.495 e. The van der Waals surface area contributed by atoms with Gasteiger partial charge in [0.15, 0.2) is 0 Å². The van der Waals surface area contributed by atoms with Gasteiger partial charge in [-0.3, -0.25) is 4.79 Å². The average Bonchev–Trinajstić information content (AvgIpc) is 3.20. The molecule has 0 aliphatic rings. The van der Waals surface area contributed by atoms with Crippen molar-refractivity contribution in [3.05, 3.63) is 50.7 Å². The van der Waals surface area contributed by atoms with Gasteiger partial charge in [-0.05, 0) is 57.4 Å². The third-order valence-corrected chi connectivity index (χ3v) is 6.17. The summed E-state index contributed by atoms with van der Waals surface area (Å²) in [4.78, 5) is 18.0. The van der Waals surface area contributed by atoms with Crippen LogP contribution in [0.5, 0.6) is 5.75 Å². The van der Waals surface area contributed by atoms with Crippen molar-refractivity contribution in [2.45, 2.75) is 47.0 Å².